The lowest BCUT2D eigenvalue weighted by molar-refractivity contribution is -0.371. The van der Waals surface area contributed by atoms with Crippen LogP contribution in [-0.4, -0.2) is 150 Å². The van der Waals surface area contributed by atoms with Crippen molar-refractivity contribution in [1.29, 1.82) is 0 Å². The quantitative estimate of drug-likeness (QED) is 0.124. The zero-order chi connectivity index (χ0) is 41.1. The van der Waals surface area contributed by atoms with Gasteiger partial charge in [0.2, 0.25) is 0 Å². The minimum absolute atomic E-state index is 0.0109. The lowest BCUT2D eigenvalue weighted by atomic mass is 9.33. The zero-order valence-electron chi connectivity index (χ0n) is 33.5. The molecule has 2 heterocycles. The molecular formula is C41H66O15. The SMILES string of the molecule is CC1(C)CC[C@]2(C(=O)O)CC[C@]3(C)C(=CC[C@@H]4[C@@]5(C)C[C@H](O)[C@H](O[C@@H]6O[C@H](CO)[C@@H](O)[C@H](O[C@@H]7OC[C@@H](O)[C@H](O)[C@H]7O)[C@H]6O)[C@@](C)(CO)[C@@H]5[C@H](O)C[C@]43C)[C@@H]2C1. The highest BCUT2D eigenvalue weighted by atomic mass is 16.7. The Kier molecular flexibility index (Phi) is 11.0. The fourth-order valence-corrected chi connectivity index (χ4v) is 13.7. The summed E-state index contributed by atoms with van der Waals surface area (Å²) in [4.78, 5) is 13.1. The van der Waals surface area contributed by atoms with E-state index in [9.17, 15) is 55.9 Å². The second-order valence-electron chi connectivity index (χ2n) is 20.4. The van der Waals surface area contributed by atoms with Crippen molar-refractivity contribution in [3.63, 3.8) is 0 Å². The van der Waals surface area contributed by atoms with E-state index in [-0.39, 0.29) is 23.7 Å². The van der Waals surface area contributed by atoms with E-state index < -0.39 is 132 Å². The summed E-state index contributed by atoms with van der Waals surface area (Å²) in [6, 6.07) is 0. The Balaban J connectivity index is 1.19. The first-order valence-corrected chi connectivity index (χ1v) is 20.6. The van der Waals surface area contributed by atoms with E-state index >= 15 is 0 Å². The van der Waals surface area contributed by atoms with Gasteiger partial charge in [-0.15, -0.1) is 0 Å². The monoisotopic (exact) mass is 798 g/mol. The zero-order valence-corrected chi connectivity index (χ0v) is 33.5. The second-order valence-corrected chi connectivity index (χ2v) is 20.4. The molecule has 6 fully saturated rings. The molecule has 15 nitrogen and oxygen atoms in total. The summed E-state index contributed by atoms with van der Waals surface area (Å²) < 4.78 is 23.3. The number of ether oxygens (including phenoxy) is 4. The number of allylic oxidation sites excluding steroid dienone is 2. The summed E-state index contributed by atoms with van der Waals surface area (Å²) in [5.41, 5.74) is -2.58. The van der Waals surface area contributed by atoms with Crippen molar-refractivity contribution in [1.82, 2.24) is 0 Å². The molecule has 10 N–H and O–H groups in total. The van der Waals surface area contributed by atoms with E-state index in [1.807, 2.05) is 0 Å². The smallest absolute Gasteiger partial charge is 0.310 e. The van der Waals surface area contributed by atoms with Gasteiger partial charge in [0.1, 0.15) is 42.7 Å². The molecule has 7 aliphatic rings. The van der Waals surface area contributed by atoms with E-state index in [0.717, 1.165) is 12.8 Å². The van der Waals surface area contributed by atoms with Crippen molar-refractivity contribution in [2.24, 2.45) is 50.2 Å². The molecule has 0 spiro atoms. The average molecular weight is 799 g/mol. The van der Waals surface area contributed by atoms with Crippen molar-refractivity contribution in [2.75, 3.05) is 19.8 Å². The van der Waals surface area contributed by atoms with E-state index in [4.69, 9.17) is 18.9 Å². The van der Waals surface area contributed by atoms with Crippen LogP contribution in [-0.2, 0) is 23.7 Å². The highest BCUT2D eigenvalue weighted by Gasteiger charge is 2.73. The fourth-order valence-electron chi connectivity index (χ4n) is 13.7. The summed E-state index contributed by atoms with van der Waals surface area (Å²) in [5.74, 6) is -1.52. The molecule has 7 rings (SSSR count). The van der Waals surface area contributed by atoms with E-state index in [0.29, 0.717) is 32.1 Å². The lowest BCUT2D eigenvalue weighted by Crippen LogP contribution is -2.72. The number of aliphatic carboxylic acids is 1. The Labute approximate surface area is 328 Å². The van der Waals surface area contributed by atoms with Gasteiger partial charge >= 0.3 is 5.97 Å². The molecule has 56 heavy (non-hydrogen) atoms. The number of carboxylic acids is 1. The van der Waals surface area contributed by atoms with Gasteiger partial charge < -0.3 is 70.0 Å². The van der Waals surface area contributed by atoms with Crippen LogP contribution >= 0.6 is 0 Å². The Morgan fingerprint density at radius 1 is 0.786 bits per heavy atom. The molecule has 2 saturated heterocycles. The molecule has 2 aliphatic heterocycles. The van der Waals surface area contributed by atoms with Crippen LogP contribution in [0.15, 0.2) is 11.6 Å². The maximum Gasteiger partial charge on any atom is 0.310 e. The molecule has 4 saturated carbocycles. The molecule has 320 valence electrons. The van der Waals surface area contributed by atoms with Crippen molar-refractivity contribution >= 4 is 5.97 Å². The Morgan fingerprint density at radius 2 is 1.46 bits per heavy atom. The van der Waals surface area contributed by atoms with Gasteiger partial charge in [-0.2, -0.15) is 0 Å². The number of aliphatic hydroxyl groups is 9. The molecule has 0 bridgehead atoms. The fraction of sp³-hybridized carbons (Fsp3) is 0.927. The van der Waals surface area contributed by atoms with E-state index in [1.165, 1.54) is 5.57 Å². The molecule has 0 aromatic carbocycles. The van der Waals surface area contributed by atoms with Crippen LogP contribution in [0.25, 0.3) is 0 Å². The van der Waals surface area contributed by atoms with Gasteiger partial charge in [0, 0.05) is 11.3 Å². The van der Waals surface area contributed by atoms with Gasteiger partial charge in [-0.1, -0.05) is 53.2 Å². The highest BCUT2D eigenvalue weighted by Crippen LogP contribution is 2.76. The predicted octanol–water partition coefficient (Wildman–Crippen LogP) is 0.435. The number of hydrogen-bond acceptors (Lipinski definition) is 14. The molecule has 0 aromatic heterocycles. The first-order valence-electron chi connectivity index (χ1n) is 20.6. The van der Waals surface area contributed by atoms with Crippen LogP contribution in [0.2, 0.25) is 0 Å². The van der Waals surface area contributed by atoms with Gasteiger partial charge in [-0.05, 0) is 84.9 Å². The third kappa shape index (κ3) is 6.12. The Bertz CT molecular complexity index is 1520. The van der Waals surface area contributed by atoms with Gasteiger partial charge in [0.05, 0.1) is 43.5 Å². The minimum atomic E-state index is -1.79. The molecule has 0 aromatic rings. The summed E-state index contributed by atoms with van der Waals surface area (Å²) in [6.45, 7) is 11.1. The van der Waals surface area contributed by atoms with Gasteiger partial charge in [-0.3, -0.25) is 4.79 Å². The summed E-state index contributed by atoms with van der Waals surface area (Å²) >= 11 is 0. The normalized spacial score (nSPS) is 55.5. The van der Waals surface area contributed by atoms with Crippen LogP contribution in [0.1, 0.15) is 92.9 Å². The number of aliphatic hydroxyl groups excluding tert-OH is 9. The van der Waals surface area contributed by atoms with Crippen LogP contribution in [0.3, 0.4) is 0 Å². The van der Waals surface area contributed by atoms with Crippen LogP contribution < -0.4 is 0 Å². The van der Waals surface area contributed by atoms with Crippen LogP contribution in [0.4, 0.5) is 0 Å². The summed E-state index contributed by atoms with van der Waals surface area (Å²) in [5, 5.41) is 110. The standard InChI is InChI=1S/C41H66O15/c1-36(2)9-11-41(35(51)52)12-10-39(5)19(20(41)13-36)7-8-25-37(3)14-22(45)32(38(4,18-43)31(37)21(44)15-40(25,39)6)56-34-29(50)30(27(48)24(16-42)54-34)55-33-28(49)26(47)23(46)17-53-33/h7,20-34,42-50H,8-18H2,1-6H3,(H,51,52)/t20-,21+,22-,23+,24+,25+,26-,27+,28+,29+,30-,31+,32-,33-,34-,37+,38-,39+,40+,41-/m0/s1. The first-order chi connectivity index (χ1) is 26.0. The minimum Gasteiger partial charge on any atom is -0.481 e. The molecule has 0 unspecified atom stereocenters. The van der Waals surface area contributed by atoms with Gasteiger partial charge in [0.25, 0.3) is 0 Å². The van der Waals surface area contributed by atoms with Crippen molar-refractivity contribution in [3.05, 3.63) is 11.6 Å². The third-order valence-electron chi connectivity index (χ3n) is 16.9. The molecule has 0 radical (unpaired) electrons. The number of hydrogen-bond donors (Lipinski definition) is 10. The average Bonchev–Trinajstić information content (AvgIpc) is 3.12. The highest BCUT2D eigenvalue weighted by molar-refractivity contribution is 5.76. The van der Waals surface area contributed by atoms with Crippen molar-refractivity contribution in [3.8, 4) is 0 Å². The molecule has 0 amide bonds. The van der Waals surface area contributed by atoms with Crippen molar-refractivity contribution in [2.45, 2.75) is 167 Å². The number of rotatable bonds is 7. The van der Waals surface area contributed by atoms with E-state index in [1.54, 1.807) is 6.92 Å². The number of carboxylic acid groups (broad SMARTS) is 1. The summed E-state index contributed by atoms with van der Waals surface area (Å²) in [6.07, 6.45) is -10.8. The second kappa shape index (κ2) is 14.4. The Morgan fingerprint density at radius 3 is 2.11 bits per heavy atom. The maximum atomic E-state index is 13.1. The van der Waals surface area contributed by atoms with Crippen molar-refractivity contribution < 1.29 is 74.8 Å². The summed E-state index contributed by atoms with van der Waals surface area (Å²) in [7, 11) is 0. The van der Waals surface area contributed by atoms with Gasteiger partial charge in [0.15, 0.2) is 12.6 Å². The van der Waals surface area contributed by atoms with Crippen LogP contribution in [0.5, 0.6) is 0 Å². The lowest BCUT2D eigenvalue weighted by Gasteiger charge is -2.72. The van der Waals surface area contributed by atoms with E-state index in [2.05, 4.69) is 40.7 Å². The topological polar surface area (TPSA) is 256 Å². The number of carbonyl (C=O) groups is 1. The molecule has 15 heteroatoms. The molecule has 5 aliphatic carbocycles. The predicted molar refractivity (Wildman–Crippen MR) is 196 cm³/mol. The molecular weight excluding hydrogens is 732 g/mol. The third-order valence-corrected chi connectivity index (χ3v) is 16.9. The maximum absolute atomic E-state index is 13.1. The first kappa shape index (κ1) is 42.8. The van der Waals surface area contributed by atoms with Gasteiger partial charge in [-0.25, -0.2) is 0 Å². The molecule has 20 atom stereocenters. The largest absolute Gasteiger partial charge is 0.481 e. The Hall–Kier alpha value is -1.31. The number of fused-ring (bicyclic) bond motifs is 7. The van der Waals surface area contributed by atoms with Crippen LogP contribution in [0, 0.1) is 50.2 Å².